The van der Waals surface area contributed by atoms with Crippen molar-refractivity contribution < 1.29 is 18.3 Å². The van der Waals surface area contributed by atoms with Crippen LogP contribution >= 0.6 is 0 Å². The Morgan fingerprint density at radius 2 is 2.04 bits per heavy atom. The lowest BCUT2D eigenvalue weighted by Gasteiger charge is -2.29. The van der Waals surface area contributed by atoms with Gasteiger partial charge in [-0.3, -0.25) is 0 Å². The summed E-state index contributed by atoms with van der Waals surface area (Å²) in [7, 11) is 0. The van der Waals surface area contributed by atoms with Gasteiger partial charge in [-0.05, 0) is 48.7 Å². The van der Waals surface area contributed by atoms with Crippen molar-refractivity contribution in [1.29, 1.82) is 0 Å². The molecule has 0 saturated carbocycles. The van der Waals surface area contributed by atoms with E-state index in [1.54, 1.807) is 4.90 Å². The quantitative estimate of drug-likeness (QED) is 0.924. The molecule has 0 aromatic heterocycles. The van der Waals surface area contributed by atoms with Gasteiger partial charge in [-0.1, -0.05) is 6.07 Å². The monoisotopic (exact) mass is 332 g/mol. The van der Waals surface area contributed by atoms with E-state index in [1.807, 2.05) is 25.1 Å². The molecule has 126 valence electrons. The highest BCUT2D eigenvalue weighted by Crippen LogP contribution is 2.25. The Hall–Kier alpha value is -2.63. The minimum atomic E-state index is -0.792. The number of hydrogen-bond donors (Lipinski definition) is 1. The second-order valence-electron chi connectivity index (χ2n) is 5.59. The summed E-state index contributed by atoms with van der Waals surface area (Å²) < 4.78 is 32.1. The standard InChI is InChI=1S/C18H18F2N2O2/c1-2-24-15-5-3-12-7-8-22(11-13(12)9-15)18(23)21-17-6-4-14(19)10-16(17)20/h3-6,9-10H,2,7-8,11H2,1H3,(H,21,23). The predicted octanol–water partition coefficient (Wildman–Crippen LogP) is 3.95. The van der Waals surface area contributed by atoms with Crippen molar-refractivity contribution in [1.82, 2.24) is 4.90 Å². The summed E-state index contributed by atoms with van der Waals surface area (Å²) in [6.45, 7) is 3.45. The number of hydrogen-bond acceptors (Lipinski definition) is 2. The van der Waals surface area contributed by atoms with E-state index in [-0.39, 0.29) is 5.69 Å². The number of nitrogens with one attached hydrogen (secondary N) is 1. The minimum Gasteiger partial charge on any atom is -0.494 e. The molecule has 0 fully saturated rings. The van der Waals surface area contributed by atoms with Gasteiger partial charge in [0.05, 0.1) is 12.3 Å². The summed E-state index contributed by atoms with van der Waals surface area (Å²) >= 11 is 0. The fourth-order valence-electron chi connectivity index (χ4n) is 2.75. The minimum absolute atomic E-state index is 0.0322. The zero-order valence-electron chi connectivity index (χ0n) is 13.3. The van der Waals surface area contributed by atoms with Crippen molar-refractivity contribution >= 4 is 11.7 Å². The first kappa shape index (κ1) is 16.2. The third-order valence-corrected chi connectivity index (χ3v) is 3.96. The number of carbonyl (C=O) groups is 1. The van der Waals surface area contributed by atoms with Crippen LogP contribution in [0.1, 0.15) is 18.1 Å². The highest BCUT2D eigenvalue weighted by atomic mass is 19.1. The van der Waals surface area contributed by atoms with E-state index >= 15 is 0 Å². The number of nitrogens with zero attached hydrogens (tertiary/aromatic N) is 1. The highest BCUT2D eigenvalue weighted by Gasteiger charge is 2.22. The first-order valence-corrected chi connectivity index (χ1v) is 7.82. The van der Waals surface area contributed by atoms with Crippen LogP contribution in [0.15, 0.2) is 36.4 Å². The van der Waals surface area contributed by atoms with E-state index in [2.05, 4.69) is 5.32 Å². The number of benzene rings is 2. The highest BCUT2D eigenvalue weighted by molar-refractivity contribution is 5.89. The zero-order valence-corrected chi connectivity index (χ0v) is 13.3. The molecule has 1 aliphatic rings. The Balaban J connectivity index is 1.72. The van der Waals surface area contributed by atoms with Crippen LogP contribution in [-0.4, -0.2) is 24.1 Å². The number of fused-ring (bicyclic) bond motifs is 1. The molecule has 4 nitrogen and oxygen atoms in total. The molecule has 2 aromatic carbocycles. The number of ether oxygens (including phenoxy) is 1. The summed E-state index contributed by atoms with van der Waals surface area (Å²) in [4.78, 5) is 13.9. The smallest absolute Gasteiger partial charge is 0.322 e. The molecule has 1 N–H and O–H groups in total. The predicted molar refractivity (Wildman–Crippen MR) is 87.1 cm³/mol. The van der Waals surface area contributed by atoms with Gasteiger partial charge in [-0.25, -0.2) is 13.6 Å². The lowest BCUT2D eigenvalue weighted by atomic mass is 10.00. The summed E-state index contributed by atoms with van der Waals surface area (Å²) in [6, 6.07) is 8.52. The third-order valence-electron chi connectivity index (χ3n) is 3.96. The zero-order chi connectivity index (χ0) is 17.1. The summed E-state index contributed by atoms with van der Waals surface area (Å²) in [5.41, 5.74) is 2.16. The molecule has 6 heteroatoms. The molecular formula is C18H18F2N2O2. The molecule has 24 heavy (non-hydrogen) atoms. The third kappa shape index (κ3) is 3.48. The molecule has 3 rings (SSSR count). The van der Waals surface area contributed by atoms with Crippen LogP contribution in [-0.2, 0) is 13.0 Å². The molecule has 0 aliphatic carbocycles. The summed E-state index contributed by atoms with van der Waals surface area (Å²) in [6.07, 6.45) is 0.723. The molecule has 1 aliphatic heterocycles. The van der Waals surface area contributed by atoms with Crippen LogP contribution in [0.25, 0.3) is 0 Å². The first-order valence-electron chi connectivity index (χ1n) is 7.82. The second kappa shape index (κ2) is 6.86. The Morgan fingerprint density at radius 3 is 2.79 bits per heavy atom. The van der Waals surface area contributed by atoms with Crippen molar-refractivity contribution in [3.05, 3.63) is 59.2 Å². The molecule has 0 atom stereocenters. The molecule has 0 radical (unpaired) electrons. The van der Waals surface area contributed by atoms with Crippen LogP contribution in [0.5, 0.6) is 5.75 Å². The number of rotatable bonds is 3. The Labute approximate surface area is 139 Å². The van der Waals surface area contributed by atoms with Crippen LogP contribution in [0.2, 0.25) is 0 Å². The van der Waals surface area contributed by atoms with Gasteiger partial charge in [0.25, 0.3) is 0 Å². The molecule has 2 aromatic rings. The van der Waals surface area contributed by atoms with Gasteiger partial charge in [0.15, 0.2) is 0 Å². The molecule has 0 unspecified atom stereocenters. The lowest BCUT2D eigenvalue weighted by molar-refractivity contribution is 0.206. The maximum absolute atomic E-state index is 13.7. The average molecular weight is 332 g/mol. The molecule has 0 spiro atoms. The van der Waals surface area contributed by atoms with Crippen LogP contribution in [0.3, 0.4) is 0 Å². The van der Waals surface area contributed by atoms with Crippen LogP contribution in [0, 0.1) is 11.6 Å². The van der Waals surface area contributed by atoms with E-state index in [4.69, 9.17) is 4.74 Å². The Morgan fingerprint density at radius 1 is 1.21 bits per heavy atom. The number of halogens is 2. The maximum atomic E-state index is 13.7. The number of urea groups is 1. The van der Waals surface area contributed by atoms with Gasteiger partial charge in [-0.2, -0.15) is 0 Å². The fraction of sp³-hybridized carbons (Fsp3) is 0.278. The normalized spacial score (nSPS) is 13.4. The van der Waals surface area contributed by atoms with E-state index in [9.17, 15) is 13.6 Å². The molecule has 0 bridgehead atoms. The van der Waals surface area contributed by atoms with E-state index in [0.717, 1.165) is 29.9 Å². The Bertz CT molecular complexity index is 765. The van der Waals surface area contributed by atoms with Crippen molar-refractivity contribution in [3.63, 3.8) is 0 Å². The molecular weight excluding hydrogens is 314 g/mol. The fourth-order valence-corrected chi connectivity index (χ4v) is 2.75. The lowest BCUT2D eigenvalue weighted by Crippen LogP contribution is -2.39. The van der Waals surface area contributed by atoms with Gasteiger partial charge in [0.1, 0.15) is 17.4 Å². The topological polar surface area (TPSA) is 41.6 Å². The van der Waals surface area contributed by atoms with Gasteiger partial charge in [-0.15, -0.1) is 0 Å². The first-order chi connectivity index (χ1) is 11.6. The second-order valence-corrected chi connectivity index (χ2v) is 5.59. The van der Waals surface area contributed by atoms with Gasteiger partial charge in [0, 0.05) is 19.2 Å². The maximum Gasteiger partial charge on any atom is 0.322 e. The van der Waals surface area contributed by atoms with E-state index < -0.39 is 17.7 Å². The Kier molecular flexibility index (Phi) is 4.64. The summed E-state index contributed by atoms with van der Waals surface area (Å²) in [5.74, 6) is -0.705. The largest absolute Gasteiger partial charge is 0.494 e. The van der Waals surface area contributed by atoms with E-state index in [0.29, 0.717) is 19.7 Å². The summed E-state index contributed by atoms with van der Waals surface area (Å²) in [5, 5.41) is 2.49. The van der Waals surface area contributed by atoms with Gasteiger partial charge < -0.3 is 15.0 Å². The van der Waals surface area contributed by atoms with Gasteiger partial charge in [0.2, 0.25) is 0 Å². The van der Waals surface area contributed by atoms with Crippen molar-refractivity contribution in [2.45, 2.75) is 19.9 Å². The molecule has 2 amide bonds. The number of anilines is 1. The average Bonchev–Trinajstić information content (AvgIpc) is 2.57. The van der Waals surface area contributed by atoms with Crippen molar-refractivity contribution in [2.75, 3.05) is 18.5 Å². The van der Waals surface area contributed by atoms with Crippen LogP contribution < -0.4 is 10.1 Å². The van der Waals surface area contributed by atoms with Crippen LogP contribution in [0.4, 0.5) is 19.3 Å². The number of carbonyl (C=O) groups excluding carboxylic acids is 1. The number of amides is 2. The van der Waals surface area contributed by atoms with E-state index in [1.165, 1.54) is 11.6 Å². The van der Waals surface area contributed by atoms with Crippen molar-refractivity contribution in [2.24, 2.45) is 0 Å². The SMILES string of the molecule is CCOc1ccc2c(c1)CN(C(=O)Nc1ccc(F)cc1F)CC2. The molecule has 1 heterocycles. The van der Waals surface area contributed by atoms with Crippen molar-refractivity contribution in [3.8, 4) is 5.75 Å². The molecule has 0 saturated heterocycles. The van der Waals surface area contributed by atoms with Gasteiger partial charge >= 0.3 is 6.03 Å².